The number of hydrogen-bond donors (Lipinski definition) is 4. The molecule has 45 heavy (non-hydrogen) atoms. The molecule has 3 fully saturated rings. The summed E-state index contributed by atoms with van der Waals surface area (Å²) in [6.45, 7) is 1.84. The monoisotopic (exact) mass is 606 g/mol. The fraction of sp³-hybridized carbons (Fsp3) is 0.242. The molecule has 0 aliphatic carbocycles. The molecule has 3 aliphatic heterocycles. The number of piperidine rings is 1. The molecule has 3 saturated heterocycles. The zero-order valence-corrected chi connectivity index (χ0v) is 25.0. The Morgan fingerprint density at radius 2 is 1.67 bits per heavy atom. The molecule has 1 aromatic heterocycles. The van der Waals surface area contributed by atoms with Crippen molar-refractivity contribution in [3.63, 3.8) is 0 Å². The number of aromatic nitrogens is 2. The Kier molecular flexibility index (Phi) is 8.30. The summed E-state index contributed by atoms with van der Waals surface area (Å²) in [5, 5.41) is 9.11. The molecule has 5 N–H and O–H groups in total. The Hall–Kier alpha value is -5.49. The van der Waals surface area contributed by atoms with E-state index in [1.807, 2.05) is 35.2 Å². The van der Waals surface area contributed by atoms with Crippen molar-refractivity contribution in [1.29, 1.82) is 0 Å². The van der Waals surface area contributed by atoms with Gasteiger partial charge in [-0.25, -0.2) is 4.98 Å². The number of methoxy groups -OCH3 is 1. The van der Waals surface area contributed by atoms with Crippen molar-refractivity contribution in [3.05, 3.63) is 101 Å². The average Bonchev–Trinajstić information content (AvgIpc) is 3.07. The normalized spacial score (nSPS) is 17.2. The second-order valence-corrected chi connectivity index (χ2v) is 11.1. The second kappa shape index (κ2) is 12.6. The first kappa shape index (κ1) is 29.6. The third-order valence-corrected chi connectivity index (χ3v) is 8.30. The fourth-order valence-electron chi connectivity index (χ4n) is 5.63. The zero-order chi connectivity index (χ0) is 31.5. The number of benzene rings is 3. The van der Waals surface area contributed by atoms with E-state index < -0.39 is 5.91 Å². The van der Waals surface area contributed by atoms with Crippen molar-refractivity contribution in [1.82, 2.24) is 25.1 Å². The van der Waals surface area contributed by atoms with Crippen molar-refractivity contribution >= 4 is 40.9 Å². The number of hydrogen-bond acceptors (Lipinski definition) is 9. The van der Waals surface area contributed by atoms with Gasteiger partial charge in [0.25, 0.3) is 17.7 Å². The summed E-state index contributed by atoms with van der Waals surface area (Å²) in [5.74, 6) is -0.190. The number of fused-ring (bicyclic) bond motifs is 2. The van der Waals surface area contributed by atoms with E-state index in [0.717, 1.165) is 12.0 Å². The van der Waals surface area contributed by atoms with Crippen LogP contribution in [0.5, 0.6) is 5.75 Å². The first-order valence-electron chi connectivity index (χ1n) is 14.6. The van der Waals surface area contributed by atoms with Gasteiger partial charge < -0.3 is 31.3 Å². The molecule has 230 valence electrons. The van der Waals surface area contributed by atoms with Crippen LogP contribution in [0.15, 0.2) is 79.0 Å². The number of carbonyl (C=O) groups excluding carboxylic acids is 3. The molecule has 2 atom stereocenters. The maximum atomic E-state index is 13.2. The Morgan fingerprint density at radius 1 is 0.956 bits per heavy atom. The van der Waals surface area contributed by atoms with E-state index in [1.165, 1.54) is 13.3 Å². The van der Waals surface area contributed by atoms with Crippen LogP contribution in [0, 0.1) is 0 Å². The van der Waals surface area contributed by atoms with Gasteiger partial charge in [0.2, 0.25) is 5.95 Å². The summed E-state index contributed by atoms with van der Waals surface area (Å²) in [4.78, 5) is 51.0. The Morgan fingerprint density at radius 3 is 2.33 bits per heavy atom. The summed E-state index contributed by atoms with van der Waals surface area (Å²) >= 11 is 0. The first-order valence-corrected chi connectivity index (χ1v) is 14.6. The van der Waals surface area contributed by atoms with E-state index in [4.69, 9.17) is 10.5 Å². The number of nitrogens with one attached hydrogen (secondary N) is 3. The summed E-state index contributed by atoms with van der Waals surface area (Å²) in [5.41, 5.74) is 8.84. The summed E-state index contributed by atoms with van der Waals surface area (Å²) in [7, 11) is 3.61. The predicted octanol–water partition coefficient (Wildman–Crippen LogP) is 3.53. The lowest BCUT2D eigenvalue weighted by Crippen LogP contribution is -2.67. The van der Waals surface area contributed by atoms with Gasteiger partial charge in [-0.15, -0.1) is 0 Å². The van der Waals surface area contributed by atoms with Crippen LogP contribution in [0.2, 0.25) is 0 Å². The van der Waals surface area contributed by atoms with Crippen LogP contribution >= 0.6 is 0 Å². The number of rotatable bonds is 10. The lowest BCUT2D eigenvalue weighted by Gasteiger charge is -2.54. The molecule has 3 aromatic carbocycles. The van der Waals surface area contributed by atoms with E-state index in [1.54, 1.807) is 42.5 Å². The van der Waals surface area contributed by atoms with Gasteiger partial charge in [0.05, 0.1) is 12.8 Å². The highest BCUT2D eigenvalue weighted by Crippen LogP contribution is 2.33. The molecule has 0 saturated carbocycles. The third-order valence-electron chi connectivity index (χ3n) is 8.30. The first-order chi connectivity index (χ1) is 21.8. The highest BCUT2D eigenvalue weighted by molar-refractivity contribution is 5.99. The maximum Gasteiger partial charge on any atom is 0.254 e. The Balaban J connectivity index is 1.14. The minimum Gasteiger partial charge on any atom is -0.495 e. The van der Waals surface area contributed by atoms with Gasteiger partial charge in [0, 0.05) is 54.7 Å². The van der Waals surface area contributed by atoms with Crippen LogP contribution in [-0.2, 0) is 6.54 Å². The van der Waals surface area contributed by atoms with Gasteiger partial charge in [-0.1, -0.05) is 30.3 Å². The van der Waals surface area contributed by atoms with Crippen molar-refractivity contribution in [2.75, 3.05) is 37.9 Å². The maximum absolute atomic E-state index is 13.2. The smallest absolute Gasteiger partial charge is 0.254 e. The lowest BCUT2D eigenvalue weighted by molar-refractivity contribution is -0.0404. The fourth-order valence-corrected chi connectivity index (χ4v) is 5.63. The van der Waals surface area contributed by atoms with Crippen LogP contribution in [0.25, 0.3) is 0 Å². The molecule has 4 aromatic rings. The molecule has 2 bridgehead atoms. The molecule has 4 heterocycles. The number of ether oxygens (including phenoxy) is 1. The van der Waals surface area contributed by atoms with E-state index in [-0.39, 0.29) is 29.1 Å². The van der Waals surface area contributed by atoms with E-state index in [2.05, 4.69) is 37.9 Å². The molecule has 0 radical (unpaired) electrons. The quantitative estimate of drug-likeness (QED) is 0.212. The second-order valence-electron chi connectivity index (χ2n) is 11.1. The van der Waals surface area contributed by atoms with E-state index in [9.17, 15) is 14.4 Å². The molecule has 3 aliphatic rings. The Labute approximate surface area is 260 Å². The highest BCUT2D eigenvalue weighted by atomic mass is 16.5. The van der Waals surface area contributed by atoms with Gasteiger partial charge in [0.1, 0.15) is 17.1 Å². The van der Waals surface area contributed by atoms with Gasteiger partial charge in [0.15, 0.2) is 0 Å². The van der Waals surface area contributed by atoms with Crippen LogP contribution < -0.4 is 26.4 Å². The van der Waals surface area contributed by atoms with Gasteiger partial charge in [-0.3, -0.25) is 19.3 Å². The van der Waals surface area contributed by atoms with Crippen LogP contribution in [0.4, 0.5) is 23.1 Å². The number of nitrogens with two attached hydrogens (primary N) is 1. The largest absolute Gasteiger partial charge is 0.495 e. The number of primary amides is 1. The van der Waals surface area contributed by atoms with Crippen LogP contribution in [0.1, 0.15) is 43.1 Å². The van der Waals surface area contributed by atoms with Crippen LogP contribution in [-0.4, -0.2) is 76.8 Å². The highest BCUT2D eigenvalue weighted by Gasteiger charge is 2.43. The summed E-state index contributed by atoms with van der Waals surface area (Å²) < 4.78 is 5.59. The van der Waals surface area contributed by atoms with E-state index >= 15 is 0 Å². The molecule has 2 unspecified atom stereocenters. The zero-order valence-electron chi connectivity index (χ0n) is 25.0. The van der Waals surface area contributed by atoms with Crippen molar-refractivity contribution in [2.45, 2.75) is 25.0 Å². The molecular formula is C33H34N8O4. The topological polar surface area (TPSA) is 155 Å². The van der Waals surface area contributed by atoms with Crippen LogP contribution in [0.3, 0.4) is 0 Å². The number of likely N-dealkylation sites (N-methyl/N-ethyl adjacent to an activating group) is 1. The summed E-state index contributed by atoms with van der Waals surface area (Å²) in [6, 6.07) is 22.5. The number of carbonyl (C=O) groups is 3. The molecular weight excluding hydrogens is 572 g/mol. The predicted molar refractivity (Wildman–Crippen MR) is 170 cm³/mol. The number of amides is 3. The minimum atomic E-state index is -0.714. The van der Waals surface area contributed by atoms with Gasteiger partial charge in [-0.2, -0.15) is 4.98 Å². The molecule has 3 amide bonds. The summed E-state index contributed by atoms with van der Waals surface area (Å²) in [6.07, 6.45) is 2.45. The third kappa shape index (κ3) is 6.41. The molecule has 0 spiro atoms. The standard InChI is InChI=1S/C33H34N8O4/c1-40-24-15-25(40)19-41(18-24)32(44)22-10-13-27(28(14-22)45-2)38-30-26(29(34)42)17-36-33(39-30)37-23-11-8-21(9-12-23)31(43)35-16-20-6-4-3-5-7-20/h3-14,17,24-25H,15-16,18-19H2,1-2H3,(H2,34,42)(H,35,43)(H2,36,37,38,39). The van der Waals surface area contributed by atoms with Gasteiger partial charge in [-0.05, 0) is 61.5 Å². The molecule has 12 heteroatoms. The van der Waals surface area contributed by atoms with E-state index in [0.29, 0.717) is 60.0 Å². The van der Waals surface area contributed by atoms with Crippen molar-refractivity contribution in [3.8, 4) is 5.75 Å². The Bertz CT molecular complexity index is 1720. The van der Waals surface area contributed by atoms with Crippen molar-refractivity contribution < 1.29 is 19.1 Å². The SMILES string of the molecule is COc1cc(C(=O)N2CC3CC(C2)N3C)ccc1Nc1nc(Nc2ccc(C(=O)NCc3ccccc3)cc2)ncc1C(N)=O. The van der Waals surface area contributed by atoms with Crippen molar-refractivity contribution in [2.24, 2.45) is 5.73 Å². The average molecular weight is 607 g/mol. The minimum absolute atomic E-state index is 0.0475. The number of nitrogens with zero attached hydrogens (tertiary/aromatic N) is 4. The number of piperazine rings is 1. The van der Waals surface area contributed by atoms with Gasteiger partial charge >= 0.3 is 0 Å². The molecule has 7 rings (SSSR count). The number of anilines is 4. The molecule has 12 nitrogen and oxygen atoms in total. The lowest BCUT2D eigenvalue weighted by atomic mass is 9.88.